The van der Waals surface area contributed by atoms with Crippen LogP contribution in [0.5, 0.6) is 0 Å². The van der Waals surface area contributed by atoms with Crippen LogP contribution in [0.1, 0.15) is 52.0 Å². The van der Waals surface area contributed by atoms with Crippen molar-refractivity contribution in [1.82, 2.24) is 9.55 Å². The molecule has 0 radical (unpaired) electrons. The van der Waals surface area contributed by atoms with Gasteiger partial charge in [-0.1, -0.05) is 50.6 Å². The highest BCUT2D eigenvalue weighted by Gasteiger charge is 2.31. The van der Waals surface area contributed by atoms with Crippen LogP contribution in [0.25, 0.3) is 10.9 Å². The van der Waals surface area contributed by atoms with E-state index < -0.39 is 0 Å². The number of aromatic nitrogens is 2. The Morgan fingerprint density at radius 1 is 1.29 bits per heavy atom. The van der Waals surface area contributed by atoms with E-state index in [1.807, 2.05) is 28.8 Å². The molecule has 0 aliphatic heterocycles. The number of para-hydroxylation sites is 1. The van der Waals surface area contributed by atoms with Gasteiger partial charge in [-0.2, -0.15) is 10.5 Å². The lowest BCUT2D eigenvalue weighted by Crippen LogP contribution is -2.35. The first-order valence-corrected chi connectivity index (χ1v) is 11.0. The third kappa shape index (κ3) is 4.23. The van der Waals surface area contributed by atoms with E-state index in [0.29, 0.717) is 46.5 Å². The normalized spacial score (nSPS) is 23.1. The molecule has 0 saturated heterocycles. The molecule has 28 heavy (non-hydrogen) atoms. The molecule has 1 fully saturated rings. The summed E-state index contributed by atoms with van der Waals surface area (Å²) in [6, 6.07) is 12.0. The average molecular weight is 395 g/mol. The zero-order valence-electron chi connectivity index (χ0n) is 16.5. The second-order valence-corrected chi connectivity index (χ2v) is 8.74. The molecule has 0 N–H and O–H groups in total. The van der Waals surface area contributed by atoms with Crippen molar-refractivity contribution < 1.29 is 0 Å². The molecule has 146 valence electrons. The number of fused-ring (bicyclic) bond motifs is 1. The second kappa shape index (κ2) is 9.26. The van der Waals surface area contributed by atoms with Crippen LogP contribution in [0.2, 0.25) is 0 Å². The van der Waals surface area contributed by atoms with E-state index >= 15 is 0 Å². The van der Waals surface area contributed by atoms with Crippen LogP contribution in [-0.2, 0) is 0 Å². The highest BCUT2D eigenvalue weighted by Crippen LogP contribution is 2.39. The standard InChI is InChI=1S/C22H26N4OS/c1-15-7-5-11-20(16(15)2)26-21(27)18-9-3-4-10-19(18)25-22(26)28-14-17(13-24)8-6-12-23/h3-4,9-10,15-17,20H,5-8,11,14H2,1-2H3/t15-,16-,17+,20-/m1/s1. The summed E-state index contributed by atoms with van der Waals surface area (Å²) in [5.74, 6) is 1.29. The molecule has 0 bridgehead atoms. The van der Waals surface area contributed by atoms with E-state index in [0.717, 1.165) is 12.8 Å². The van der Waals surface area contributed by atoms with Crippen molar-refractivity contribution in [2.45, 2.75) is 57.1 Å². The Bertz CT molecular complexity index is 971. The largest absolute Gasteiger partial charge is 0.284 e. The molecule has 1 aromatic carbocycles. The van der Waals surface area contributed by atoms with Crippen molar-refractivity contribution in [1.29, 1.82) is 10.5 Å². The van der Waals surface area contributed by atoms with Crippen LogP contribution in [0.15, 0.2) is 34.2 Å². The fourth-order valence-corrected chi connectivity index (χ4v) is 5.15. The highest BCUT2D eigenvalue weighted by atomic mass is 32.2. The van der Waals surface area contributed by atoms with E-state index in [4.69, 9.17) is 10.2 Å². The van der Waals surface area contributed by atoms with Gasteiger partial charge in [0.2, 0.25) is 0 Å². The van der Waals surface area contributed by atoms with E-state index in [-0.39, 0.29) is 17.5 Å². The summed E-state index contributed by atoms with van der Waals surface area (Å²) in [6.07, 6.45) is 4.21. The van der Waals surface area contributed by atoms with E-state index in [2.05, 4.69) is 26.0 Å². The van der Waals surface area contributed by atoms with Crippen molar-refractivity contribution in [2.75, 3.05) is 5.75 Å². The van der Waals surface area contributed by atoms with Gasteiger partial charge >= 0.3 is 0 Å². The Morgan fingerprint density at radius 2 is 2.07 bits per heavy atom. The first-order chi connectivity index (χ1) is 13.6. The van der Waals surface area contributed by atoms with Crippen LogP contribution in [0.4, 0.5) is 0 Å². The molecule has 0 unspecified atom stereocenters. The Hall–Kier alpha value is -2.31. The Kier molecular flexibility index (Phi) is 6.75. The zero-order chi connectivity index (χ0) is 20.1. The second-order valence-electron chi connectivity index (χ2n) is 7.76. The first-order valence-electron chi connectivity index (χ1n) is 9.97. The van der Waals surface area contributed by atoms with Gasteiger partial charge in [0.1, 0.15) is 0 Å². The molecule has 0 spiro atoms. The van der Waals surface area contributed by atoms with Gasteiger partial charge in [-0.25, -0.2) is 4.98 Å². The molecular formula is C22H26N4OS. The molecule has 1 aliphatic carbocycles. The molecular weight excluding hydrogens is 368 g/mol. The number of thioether (sulfide) groups is 1. The van der Waals surface area contributed by atoms with Gasteiger partial charge in [0.25, 0.3) is 5.56 Å². The summed E-state index contributed by atoms with van der Waals surface area (Å²) in [5, 5.41) is 19.5. The van der Waals surface area contributed by atoms with Crippen molar-refractivity contribution in [3.63, 3.8) is 0 Å². The lowest BCUT2D eigenvalue weighted by Gasteiger charge is -2.36. The van der Waals surface area contributed by atoms with Gasteiger partial charge in [0.15, 0.2) is 5.16 Å². The number of nitrogens with zero attached hydrogens (tertiary/aromatic N) is 4. The van der Waals surface area contributed by atoms with Crippen LogP contribution in [0, 0.1) is 40.4 Å². The van der Waals surface area contributed by atoms with Crippen LogP contribution in [-0.4, -0.2) is 15.3 Å². The highest BCUT2D eigenvalue weighted by molar-refractivity contribution is 7.99. The summed E-state index contributed by atoms with van der Waals surface area (Å²) in [4.78, 5) is 18.2. The van der Waals surface area contributed by atoms with Gasteiger partial charge in [-0.3, -0.25) is 9.36 Å². The predicted molar refractivity (Wildman–Crippen MR) is 112 cm³/mol. The smallest absolute Gasteiger partial charge is 0.262 e. The monoisotopic (exact) mass is 394 g/mol. The SMILES string of the molecule is C[C@@H]1[C@H](C)CCC[C@H]1n1c(SC[C@H](C#N)CCC#N)nc2ccccc2c1=O. The Labute approximate surface area is 170 Å². The fraction of sp³-hybridized carbons (Fsp3) is 0.545. The Morgan fingerprint density at radius 3 is 2.82 bits per heavy atom. The van der Waals surface area contributed by atoms with Gasteiger partial charge in [-0.05, 0) is 36.8 Å². The van der Waals surface area contributed by atoms with Gasteiger partial charge in [0.05, 0.1) is 29.0 Å². The van der Waals surface area contributed by atoms with Crippen LogP contribution >= 0.6 is 11.8 Å². The minimum Gasteiger partial charge on any atom is -0.284 e. The fourth-order valence-electron chi connectivity index (χ4n) is 4.04. The molecule has 3 rings (SSSR count). The lowest BCUT2D eigenvalue weighted by atomic mass is 9.78. The van der Waals surface area contributed by atoms with Crippen molar-refractivity contribution in [3.8, 4) is 12.1 Å². The molecule has 4 atom stereocenters. The maximum atomic E-state index is 13.4. The van der Waals surface area contributed by atoms with E-state index in [1.165, 1.54) is 18.2 Å². The number of rotatable bonds is 6. The molecule has 1 aliphatic rings. The van der Waals surface area contributed by atoms with Gasteiger partial charge < -0.3 is 0 Å². The number of nitriles is 2. The summed E-state index contributed by atoms with van der Waals surface area (Å²) in [5.41, 5.74) is 0.720. The quantitative estimate of drug-likeness (QED) is 0.512. The maximum absolute atomic E-state index is 13.4. The lowest BCUT2D eigenvalue weighted by molar-refractivity contribution is 0.173. The summed E-state index contributed by atoms with van der Waals surface area (Å²) < 4.78 is 1.89. The van der Waals surface area contributed by atoms with Gasteiger partial charge in [0, 0.05) is 18.2 Å². The minimum atomic E-state index is -0.218. The average Bonchev–Trinajstić information content (AvgIpc) is 2.71. The molecule has 1 saturated carbocycles. The molecule has 1 heterocycles. The van der Waals surface area contributed by atoms with Crippen molar-refractivity contribution >= 4 is 22.7 Å². The van der Waals surface area contributed by atoms with Crippen molar-refractivity contribution in [3.05, 3.63) is 34.6 Å². The van der Waals surface area contributed by atoms with Crippen molar-refractivity contribution in [2.24, 2.45) is 17.8 Å². The topological polar surface area (TPSA) is 82.5 Å². The molecule has 6 heteroatoms. The van der Waals surface area contributed by atoms with E-state index in [9.17, 15) is 10.1 Å². The third-order valence-electron chi connectivity index (χ3n) is 5.97. The third-order valence-corrected chi connectivity index (χ3v) is 7.09. The number of hydrogen-bond acceptors (Lipinski definition) is 5. The molecule has 1 aromatic heterocycles. The zero-order valence-corrected chi connectivity index (χ0v) is 17.3. The van der Waals surface area contributed by atoms with E-state index in [1.54, 1.807) is 0 Å². The minimum absolute atomic E-state index is 0.0181. The number of hydrogen-bond donors (Lipinski definition) is 0. The maximum Gasteiger partial charge on any atom is 0.262 e. The molecule has 5 nitrogen and oxygen atoms in total. The first kappa shape index (κ1) is 20.4. The molecule has 0 amide bonds. The summed E-state index contributed by atoms with van der Waals surface area (Å²) in [6.45, 7) is 4.49. The van der Waals surface area contributed by atoms with Crippen LogP contribution in [0.3, 0.4) is 0 Å². The summed E-state index contributed by atoms with van der Waals surface area (Å²) >= 11 is 1.48. The molecule has 2 aromatic rings. The number of benzene rings is 1. The van der Waals surface area contributed by atoms with Gasteiger partial charge in [-0.15, -0.1) is 0 Å². The van der Waals surface area contributed by atoms with Crippen LogP contribution < -0.4 is 5.56 Å². The Balaban J connectivity index is 2.01. The summed E-state index contributed by atoms with van der Waals surface area (Å²) in [7, 11) is 0. The predicted octanol–water partition coefficient (Wildman–Crippen LogP) is 4.93.